The summed E-state index contributed by atoms with van der Waals surface area (Å²) >= 11 is 0. The Morgan fingerprint density at radius 2 is 1.77 bits per heavy atom. The Bertz CT molecular complexity index is 1520. The number of nitrogens with one attached hydrogen (secondary N) is 3. The largest absolute Gasteiger partial charge is 0.573 e. The number of aliphatic hydroxyl groups is 1. The average molecular weight is 541 g/mol. The molecule has 2 heterocycles. The van der Waals surface area contributed by atoms with Crippen LogP contribution in [0, 0.1) is 0 Å². The van der Waals surface area contributed by atoms with Crippen LogP contribution in [0.25, 0.3) is 17.0 Å². The van der Waals surface area contributed by atoms with Gasteiger partial charge in [-0.3, -0.25) is 9.20 Å². The van der Waals surface area contributed by atoms with E-state index in [1.165, 1.54) is 18.2 Å². The number of anilines is 2. The Kier molecular flexibility index (Phi) is 7.70. The number of halogens is 3. The number of aromatic nitrogens is 3. The van der Waals surface area contributed by atoms with Gasteiger partial charge in [0.1, 0.15) is 5.76 Å². The SMILES string of the molecule is C=C(O)[C@H](CC)NC(=O)c1cccn2c(-c3ccc(NC(=O)Nc4ccccc4OC(F)(F)F)cc3)nnc12. The number of fused-ring (bicyclic) bond motifs is 1. The summed E-state index contributed by atoms with van der Waals surface area (Å²) in [5.41, 5.74) is 1.36. The van der Waals surface area contributed by atoms with Gasteiger partial charge in [0.2, 0.25) is 0 Å². The fourth-order valence-corrected chi connectivity index (χ4v) is 3.72. The Labute approximate surface area is 220 Å². The number of ether oxygens (including phenoxy) is 1. The molecule has 0 aliphatic rings. The molecule has 4 rings (SSSR count). The van der Waals surface area contributed by atoms with Gasteiger partial charge in [0, 0.05) is 17.4 Å². The van der Waals surface area contributed by atoms with Crippen LogP contribution in [0.15, 0.2) is 79.2 Å². The highest BCUT2D eigenvalue weighted by molar-refractivity contribution is 6.01. The monoisotopic (exact) mass is 540 g/mol. The molecule has 1 atom stereocenters. The Morgan fingerprint density at radius 3 is 2.44 bits per heavy atom. The van der Waals surface area contributed by atoms with Crippen LogP contribution in [0.1, 0.15) is 23.7 Å². The topological polar surface area (TPSA) is 130 Å². The smallest absolute Gasteiger partial charge is 0.511 e. The van der Waals surface area contributed by atoms with E-state index in [2.05, 4.69) is 37.5 Å². The number of rotatable bonds is 8. The number of carbonyl (C=O) groups is 2. The fourth-order valence-electron chi connectivity index (χ4n) is 3.72. The lowest BCUT2D eigenvalue weighted by atomic mass is 10.1. The van der Waals surface area contributed by atoms with E-state index in [1.807, 2.05) is 0 Å². The zero-order valence-corrected chi connectivity index (χ0v) is 20.5. The van der Waals surface area contributed by atoms with Gasteiger partial charge in [-0.1, -0.05) is 25.6 Å². The van der Waals surface area contributed by atoms with E-state index in [0.29, 0.717) is 29.1 Å². The van der Waals surface area contributed by atoms with E-state index in [4.69, 9.17) is 0 Å². The lowest BCUT2D eigenvalue weighted by Gasteiger charge is -2.15. The molecule has 202 valence electrons. The number of alkyl halides is 3. The van der Waals surface area contributed by atoms with Crippen molar-refractivity contribution in [1.29, 1.82) is 0 Å². The molecule has 13 heteroatoms. The number of amides is 3. The number of pyridine rings is 1. The van der Waals surface area contributed by atoms with Crippen LogP contribution in [-0.2, 0) is 0 Å². The van der Waals surface area contributed by atoms with Crippen molar-refractivity contribution in [2.45, 2.75) is 25.7 Å². The fraction of sp³-hybridized carbons (Fsp3) is 0.154. The standard InChI is InChI=1S/C26H23F3N6O4/c1-3-19(15(2)36)31-24(37)18-7-6-14-35-22(33-34-23(18)35)16-10-12-17(13-11-16)30-25(38)32-20-8-4-5-9-21(20)39-26(27,28)29/h4-14,19,36H,2-3H2,1H3,(H,31,37)(H2,30,32,38)/t19-/m0/s1. The van der Waals surface area contributed by atoms with Crippen LogP contribution in [0.2, 0.25) is 0 Å². The molecule has 39 heavy (non-hydrogen) atoms. The molecule has 0 saturated carbocycles. The number of hydrogen-bond acceptors (Lipinski definition) is 6. The molecular formula is C26H23F3N6O4. The van der Waals surface area contributed by atoms with Gasteiger partial charge in [-0.15, -0.1) is 23.4 Å². The maximum atomic E-state index is 12.8. The Hall–Kier alpha value is -5.07. The molecule has 4 aromatic rings. The van der Waals surface area contributed by atoms with Gasteiger partial charge in [-0.25, -0.2) is 4.79 Å². The van der Waals surface area contributed by atoms with Crippen molar-refractivity contribution in [2.75, 3.05) is 10.6 Å². The zero-order chi connectivity index (χ0) is 28.2. The van der Waals surface area contributed by atoms with Crippen LogP contribution < -0.4 is 20.7 Å². The van der Waals surface area contributed by atoms with Crippen molar-refractivity contribution in [1.82, 2.24) is 19.9 Å². The quantitative estimate of drug-likeness (QED) is 0.218. The van der Waals surface area contributed by atoms with E-state index in [-0.39, 0.29) is 17.0 Å². The first kappa shape index (κ1) is 27.0. The molecule has 4 N–H and O–H groups in total. The Balaban J connectivity index is 1.49. The van der Waals surface area contributed by atoms with E-state index in [0.717, 1.165) is 6.07 Å². The third-order valence-corrected chi connectivity index (χ3v) is 5.56. The van der Waals surface area contributed by atoms with Crippen LogP contribution in [0.5, 0.6) is 5.75 Å². The Morgan fingerprint density at radius 1 is 1.05 bits per heavy atom. The molecule has 3 amide bonds. The second kappa shape index (κ2) is 11.1. The van der Waals surface area contributed by atoms with E-state index < -0.39 is 30.1 Å². The summed E-state index contributed by atoms with van der Waals surface area (Å²) in [4.78, 5) is 25.2. The number of aliphatic hydroxyl groups excluding tert-OH is 1. The minimum atomic E-state index is -4.91. The minimum Gasteiger partial charge on any atom is -0.511 e. The lowest BCUT2D eigenvalue weighted by molar-refractivity contribution is -0.274. The third kappa shape index (κ3) is 6.44. The maximum Gasteiger partial charge on any atom is 0.573 e. The number of urea groups is 1. The molecule has 10 nitrogen and oxygen atoms in total. The van der Waals surface area contributed by atoms with Crippen LogP contribution >= 0.6 is 0 Å². The summed E-state index contributed by atoms with van der Waals surface area (Å²) in [6.07, 6.45) is -2.77. The number of carbonyl (C=O) groups excluding carboxylic acids is 2. The highest BCUT2D eigenvalue weighted by Crippen LogP contribution is 2.30. The minimum absolute atomic E-state index is 0.152. The molecule has 2 aromatic heterocycles. The van der Waals surface area contributed by atoms with Crippen LogP contribution in [0.3, 0.4) is 0 Å². The molecule has 2 aromatic carbocycles. The van der Waals surface area contributed by atoms with Crippen LogP contribution in [0.4, 0.5) is 29.3 Å². The van der Waals surface area contributed by atoms with Crippen molar-refractivity contribution in [3.8, 4) is 17.1 Å². The van der Waals surface area contributed by atoms with Gasteiger partial charge in [-0.05, 0) is 55.0 Å². The normalized spacial score (nSPS) is 12.0. The van der Waals surface area contributed by atoms with Gasteiger partial charge >= 0.3 is 12.4 Å². The van der Waals surface area contributed by atoms with Crippen LogP contribution in [-0.4, -0.2) is 44.0 Å². The van der Waals surface area contributed by atoms with Gasteiger partial charge in [0.25, 0.3) is 5.91 Å². The second-order valence-corrected chi connectivity index (χ2v) is 8.27. The average Bonchev–Trinajstić information content (AvgIpc) is 3.32. The van der Waals surface area contributed by atoms with Gasteiger partial charge in [0.05, 0.1) is 17.3 Å². The van der Waals surface area contributed by atoms with E-state index >= 15 is 0 Å². The summed E-state index contributed by atoms with van der Waals surface area (Å²) in [6.45, 7) is 5.27. The third-order valence-electron chi connectivity index (χ3n) is 5.56. The molecule has 0 fully saturated rings. The first-order valence-corrected chi connectivity index (χ1v) is 11.6. The summed E-state index contributed by atoms with van der Waals surface area (Å²) in [6, 6.07) is 13.5. The van der Waals surface area contributed by atoms with E-state index in [1.54, 1.807) is 53.9 Å². The number of para-hydroxylation sites is 2. The highest BCUT2D eigenvalue weighted by atomic mass is 19.4. The van der Waals surface area contributed by atoms with E-state index in [9.17, 15) is 27.9 Å². The lowest BCUT2D eigenvalue weighted by Crippen LogP contribution is -2.35. The van der Waals surface area contributed by atoms with Gasteiger partial charge in [0.15, 0.2) is 17.2 Å². The summed E-state index contributed by atoms with van der Waals surface area (Å²) < 4.78 is 43.4. The van der Waals surface area contributed by atoms with Crippen molar-refractivity contribution >= 4 is 29.0 Å². The predicted octanol–water partition coefficient (Wildman–Crippen LogP) is 5.52. The molecule has 0 aliphatic carbocycles. The van der Waals surface area contributed by atoms with Gasteiger partial charge < -0.3 is 25.8 Å². The number of nitrogens with zero attached hydrogens (tertiary/aromatic N) is 3. The molecule has 0 unspecified atom stereocenters. The van der Waals surface area contributed by atoms with Crippen molar-refractivity contribution < 1.29 is 32.6 Å². The molecule has 0 bridgehead atoms. The summed E-state index contributed by atoms with van der Waals surface area (Å²) in [5, 5.41) is 25.6. The number of benzene rings is 2. The summed E-state index contributed by atoms with van der Waals surface area (Å²) in [5.74, 6) is -0.725. The van der Waals surface area contributed by atoms with Crippen molar-refractivity contribution in [3.05, 3.63) is 84.8 Å². The molecular weight excluding hydrogens is 517 g/mol. The zero-order valence-electron chi connectivity index (χ0n) is 20.5. The molecule has 0 aliphatic heterocycles. The molecule has 0 spiro atoms. The predicted molar refractivity (Wildman–Crippen MR) is 138 cm³/mol. The van der Waals surface area contributed by atoms with Crippen molar-refractivity contribution in [3.63, 3.8) is 0 Å². The first-order chi connectivity index (χ1) is 18.6. The molecule has 0 saturated heterocycles. The first-order valence-electron chi connectivity index (χ1n) is 11.6. The molecule has 0 radical (unpaired) electrons. The maximum absolute atomic E-state index is 12.8. The van der Waals surface area contributed by atoms with Gasteiger partial charge in [-0.2, -0.15) is 0 Å². The summed E-state index contributed by atoms with van der Waals surface area (Å²) in [7, 11) is 0. The van der Waals surface area contributed by atoms with Crippen molar-refractivity contribution in [2.24, 2.45) is 0 Å². The second-order valence-electron chi connectivity index (χ2n) is 8.27. The number of hydrogen-bond donors (Lipinski definition) is 4. The highest BCUT2D eigenvalue weighted by Gasteiger charge is 2.32.